The van der Waals surface area contributed by atoms with Gasteiger partial charge < -0.3 is 20.1 Å². The van der Waals surface area contributed by atoms with Crippen molar-refractivity contribution in [1.82, 2.24) is 10.2 Å². The summed E-state index contributed by atoms with van der Waals surface area (Å²) < 4.78 is 5.36. The van der Waals surface area contributed by atoms with Crippen molar-refractivity contribution in [3.05, 3.63) is 35.9 Å². The van der Waals surface area contributed by atoms with Crippen molar-refractivity contribution in [3.63, 3.8) is 0 Å². The van der Waals surface area contributed by atoms with E-state index in [0.29, 0.717) is 13.0 Å². The number of amides is 2. The molecule has 1 aliphatic rings. The number of piperidine rings is 1. The minimum Gasteiger partial charge on any atom is -0.444 e. The molecule has 3 unspecified atom stereocenters. The third-order valence-electron chi connectivity index (χ3n) is 5.12. The van der Waals surface area contributed by atoms with Crippen LogP contribution in [-0.2, 0) is 9.53 Å². The Morgan fingerprint density at radius 1 is 1.21 bits per heavy atom. The van der Waals surface area contributed by atoms with Gasteiger partial charge in [0.2, 0.25) is 5.91 Å². The number of nitrogens with one attached hydrogen (secondary N) is 1. The number of aliphatic hydroxyl groups excluding tert-OH is 1. The summed E-state index contributed by atoms with van der Waals surface area (Å²) in [6.45, 7) is 8.27. The lowest BCUT2D eigenvalue weighted by Crippen LogP contribution is -2.58. The normalized spacial score (nSPS) is 22.8. The van der Waals surface area contributed by atoms with Crippen LogP contribution < -0.4 is 5.32 Å². The summed E-state index contributed by atoms with van der Waals surface area (Å²) in [6, 6.07) is 9.57. The first-order chi connectivity index (χ1) is 13.2. The molecule has 1 fully saturated rings. The van der Waals surface area contributed by atoms with Crippen LogP contribution in [-0.4, -0.2) is 52.8 Å². The van der Waals surface area contributed by atoms with Crippen LogP contribution in [0.4, 0.5) is 4.79 Å². The number of ether oxygens (including phenoxy) is 1. The van der Waals surface area contributed by atoms with Gasteiger partial charge in [0.15, 0.2) is 0 Å². The third-order valence-corrected chi connectivity index (χ3v) is 5.12. The summed E-state index contributed by atoms with van der Waals surface area (Å²) in [5.41, 5.74) is 0.552. The molecule has 0 aromatic heterocycles. The zero-order valence-corrected chi connectivity index (χ0v) is 17.5. The number of likely N-dealkylation sites (tertiary alicyclic amines) is 1. The predicted octanol–water partition coefficient (Wildman–Crippen LogP) is 3.45. The summed E-state index contributed by atoms with van der Waals surface area (Å²) >= 11 is 0. The molecule has 6 nitrogen and oxygen atoms in total. The average Bonchev–Trinajstić information content (AvgIpc) is 2.62. The van der Waals surface area contributed by atoms with Crippen molar-refractivity contribution in [2.24, 2.45) is 0 Å². The summed E-state index contributed by atoms with van der Waals surface area (Å²) in [5, 5.41) is 11.8. The van der Waals surface area contributed by atoms with Gasteiger partial charge in [0.05, 0.1) is 0 Å². The Kier molecular flexibility index (Phi) is 7.87. The number of nitrogens with zero attached hydrogens (tertiary/aromatic N) is 1. The standard InChI is InChI=1S/C22H34N2O4/c1-16-18(17-11-7-5-8-12-17)15-19(23-21(27)28-22(2,3)4)20(26)24(16)13-9-6-10-14-25/h5,7-8,11-12,16,18-19,25H,6,9-10,13-15H2,1-4H3,(H,23,27). The first-order valence-electron chi connectivity index (χ1n) is 10.2. The molecule has 6 heteroatoms. The zero-order valence-electron chi connectivity index (χ0n) is 17.5. The van der Waals surface area contributed by atoms with E-state index in [2.05, 4.69) is 24.4 Å². The molecule has 1 aromatic carbocycles. The number of carbonyl (C=O) groups is 2. The van der Waals surface area contributed by atoms with Crippen molar-refractivity contribution in [3.8, 4) is 0 Å². The number of rotatable bonds is 7. The van der Waals surface area contributed by atoms with E-state index in [1.807, 2.05) is 23.1 Å². The smallest absolute Gasteiger partial charge is 0.408 e. The fourth-order valence-electron chi connectivity index (χ4n) is 3.74. The number of alkyl carbamates (subject to hydrolysis) is 1. The van der Waals surface area contributed by atoms with Gasteiger partial charge in [-0.1, -0.05) is 30.3 Å². The van der Waals surface area contributed by atoms with Crippen LogP contribution in [0.2, 0.25) is 0 Å². The van der Waals surface area contributed by atoms with Crippen molar-refractivity contribution < 1.29 is 19.4 Å². The Bertz CT molecular complexity index is 642. The largest absolute Gasteiger partial charge is 0.444 e. The molecule has 156 valence electrons. The van der Waals surface area contributed by atoms with E-state index in [0.717, 1.165) is 19.3 Å². The van der Waals surface area contributed by atoms with Crippen LogP contribution in [0.25, 0.3) is 0 Å². The van der Waals surface area contributed by atoms with Crippen molar-refractivity contribution in [2.45, 2.75) is 77.0 Å². The van der Waals surface area contributed by atoms with E-state index < -0.39 is 17.7 Å². The van der Waals surface area contributed by atoms with E-state index in [9.17, 15) is 9.59 Å². The van der Waals surface area contributed by atoms with Crippen LogP contribution in [0.1, 0.15) is 64.9 Å². The second kappa shape index (κ2) is 9.92. The third kappa shape index (κ3) is 6.23. The minimum atomic E-state index is -0.613. The number of unbranched alkanes of at least 4 members (excludes halogenated alkanes) is 2. The van der Waals surface area contributed by atoms with Crippen LogP contribution in [0.15, 0.2) is 30.3 Å². The van der Waals surface area contributed by atoms with Crippen LogP contribution >= 0.6 is 0 Å². The number of hydrogen-bond donors (Lipinski definition) is 2. The fourth-order valence-corrected chi connectivity index (χ4v) is 3.74. The van der Waals surface area contributed by atoms with Crippen LogP contribution in [0.3, 0.4) is 0 Å². The minimum absolute atomic E-state index is 0.0423. The zero-order chi connectivity index (χ0) is 20.7. The molecule has 2 rings (SSSR count). The highest BCUT2D eigenvalue weighted by molar-refractivity contribution is 5.87. The molecule has 0 radical (unpaired) electrons. The van der Waals surface area contributed by atoms with Gasteiger partial charge in [0.25, 0.3) is 0 Å². The lowest BCUT2D eigenvalue weighted by molar-refractivity contribution is -0.139. The summed E-state index contributed by atoms with van der Waals surface area (Å²) in [5.74, 6) is 0.0752. The van der Waals surface area contributed by atoms with Gasteiger partial charge in [-0.25, -0.2) is 4.79 Å². The molecule has 1 aliphatic heterocycles. The second-order valence-corrected chi connectivity index (χ2v) is 8.51. The average molecular weight is 391 g/mol. The van der Waals surface area contributed by atoms with Crippen molar-refractivity contribution in [1.29, 1.82) is 0 Å². The van der Waals surface area contributed by atoms with E-state index >= 15 is 0 Å². The number of benzene rings is 1. The van der Waals surface area contributed by atoms with Gasteiger partial charge in [-0.3, -0.25) is 4.79 Å². The van der Waals surface area contributed by atoms with E-state index in [4.69, 9.17) is 9.84 Å². The summed E-state index contributed by atoms with van der Waals surface area (Å²) in [4.78, 5) is 27.2. The fraction of sp³-hybridized carbons (Fsp3) is 0.636. The van der Waals surface area contributed by atoms with Crippen molar-refractivity contribution in [2.75, 3.05) is 13.2 Å². The maximum absolute atomic E-state index is 13.1. The van der Waals surface area contributed by atoms with Gasteiger partial charge >= 0.3 is 6.09 Å². The highest BCUT2D eigenvalue weighted by Crippen LogP contribution is 2.33. The Morgan fingerprint density at radius 3 is 2.50 bits per heavy atom. The second-order valence-electron chi connectivity index (χ2n) is 8.51. The molecule has 1 aromatic rings. The van der Waals surface area contributed by atoms with Gasteiger partial charge in [-0.05, 0) is 58.9 Å². The number of aliphatic hydroxyl groups is 1. The van der Waals surface area contributed by atoms with Gasteiger partial charge in [-0.2, -0.15) is 0 Å². The van der Waals surface area contributed by atoms with E-state index in [1.54, 1.807) is 20.8 Å². The van der Waals surface area contributed by atoms with E-state index in [1.165, 1.54) is 5.56 Å². The number of hydrogen-bond acceptors (Lipinski definition) is 4. The van der Waals surface area contributed by atoms with Gasteiger partial charge in [-0.15, -0.1) is 0 Å². The van der Waals surface area contributed by atoms with Gasteiger partial charge in [0.1, 0.15) is 11.6 Å². The van der Waals surface area contributed by atoms with Crippen LogP contribution in [0, 0.1) is 0 Å². The maximum atomic E-state index is 13.1. The first-order valence-corrected chi connectivity index (χ1v) is 10.2. The quantitative estimate of drug-likeness (QED) is 0.699. The molecule has 0 spiro atoms. The predicted molar refractivity (Wildman–Crippen MR) is 109 cm³/mol. The monoisotopic (exact) mass is 390 g/mol. The molecule has 2 N–H and O–H groups in total. The lowest BCUT2D eigenvalue weighted by atomic mass is 9.81. The maximum Gasteiger partial charge on any atom is 0.408 e. The van der Waals surface area contributed by atoms with Crippen LogP contribution in [0.5, 0.6) is 0 Å². The number of carbonyl (C=O) groups excluding carboxylic acids is 2. The topological polar surface area (TPSA) is 78.9 Å². The molecule has 2 amide bonds. The Hall–Kier alpha value is -2.08. The molecular formula is C22H34N2O4. The Morgan fingerprint density at radius 2 is 1.89 bits per heavy atom. The highest BCUT2D eigenvalue weighted by atomic mass is 16.6. The molecule has 0 bridgehead atoms. The molecule has 28 heavy (non-hydrogen) atoms. The van der Waals surface area contributed by atoms with E-state index in [-0.39, 0.29) is 24.5 Å². The molecule has 1 heterocycles. The SMILES string of the molecule is CC1C(c2ccccc2)CC(NC(=O)OC(C)(C)C)C(=O)N1CCCCCO. The Labute approximate surface area is 168 Å². The molecule has 0 aliphatic carbocycles. The molecule has 0 saturated carbocycles. The van der Waals surface area contributed by atoms with Gasteiger partial charge in [0, 0.05) is 25.1 Å². The Balaban J connectivity index is 2.16. The molecule has 3 atom stereocenters. The van der Waals surface area contributed by atoms with Crippen molar-refractivity contribution >= 4 is 12.0 Å². The highest BCUT2D eigenvalue weighted by Gasteiger charge is 2.40. The molecule has 1 saturated heterocycles. The first kappa shape index (κ1) is 22.2. The summed E-state index contributed by atoms with van der Waals surface area (Å²) in [6.07, 6.45) is 2.42. The lowest BCUT2D eigenvalue weighted by Gasteiger charge is -2.43. The summed E-state index contributed by atoms with van der Waals surface area (Å²) in [7, 11) is 0. The molecular weight excluding hydrogens is 356 g/mol.